The van der Waals surface area contributed by atoms with Crippen molar-refractivity contribution in [2.24, 2.45) is 0 Å². The molecular weight excluding hydrogens is 402 g/mol. The Bertz CT molecular complexity index is 1220. The lowest BCUT2D eigenvalue weighted by Gasteiger charge is -2.11. The maximum Gasteiger partial charge on any atom is 0.134 e. The average Bonchev–Trinajstić information content (AvgIpc) is 3.29. The van der Waals surface area contributed by atoms with E-state index in [1.807, 2.05) is 109 Å². The van der Waals surface area contributed by atoms with E-state index < -0.39 is 0 Å². The highest BCUT2D eigenvalue weighted by Gasteiger charge is 2.10. The lowest BCUT2D eigenvalue weighted by Crippen LogP contribution is -2.07. The molecular formula is C26H21N3OS. The van der Waals surface area contributed by atoms with Crippen LogP contribution in [0.5, 0.6) is 11.5 Å². The first kappa shape index (κ1) is 20.4. The topological polar surface area (TPSA) is 49.2 Å². The molecule has 4 aromatic rings. The van der Waals surface area contributed by atoms with Crippen molar-refractivity contribution in [2.45, 2.75) is 0 Å². The third-order valence-corrected chi connectivity index (χ3v) is 5.58. The predicted molar refractivity (Wildman–Crippen MR) is 128 cm³/mol. The van der Waals surface area contributed by atoms with Gasteiger partial charge in [0.25, 0.3) is 0 Å². The Labute approximate surface area is 186 Å². The monoisotopic (exact) mass is 423 g/mol. The van der Waals surface area contributed by atoms with E-state index >= 15 is 0 Å². The Kier molecular flexibility index (Phi) is 6.11. The molecule has 0 saturated carbocycles. The Morgan fingerprint density at radius 1 is 0.935 bits per heavy atom. The van der Waals surface area contributed by atoms with Crippen LogP contribution in [0, 0.1) is 11.3 Å². The Morgan fingerprint density at radius 2 is 1.61 bits per heavy atom. The summed E-state index contributed by atoms with van der Waals surface area (Å²) in [5, 5.41) is 12.3. The zero-order valence-corrected chi connectivity index (χ0v) is 18.1. The molecule has 0 aliphatic rings. The van der Waals surface area contributed by atoms with Crippen molar-refractivity contribution in [2.75, 3.05) is 19.0 Å². The number of aromatic nitrogens is 1. The van der Waals surface area contributed by atoms with Crippen molar-refractivity contribution in [1.29, 1.82) is 5.26 Å². The van der Waals surface area contributed by atoms with Crippen LogP contribution >= 0.6 is 11.3 Å². The minimum Gasteiger partial charge on any atom is -0.457 e. The zero-order chi connectivity index (χ0) is 21.6. The summed E-state index contributed by atoms with van der Waals surface area (Å²) in [5.74, 6) is 1.57. The standard InChI is InChI=1S/C26H21N3OS/c1-29(2)22-12-8-19(9-13-22)16-21(17-27)26-28-25(18-31-26)20-10-14-24(15-11-20)30-23-6-4-3-5-7-23/h3-16,18H,1-2H3. The molecule has 3 aromatic carbocycles. The third kappa shape index (κ3) is 5.00. The van der Waals surface area contributed by atoms with Crippen molar-refractivity contribution in [3.8, 4) is 28.8 Å². The van der Waals surface area contributed by atoms with Gasteiger partial charge in [-0.1, -0.05) is 30.3 Å². The second-order valence-corrected chi connectivity index (χ2v) is 7.99. The molecule has 1 aromatic heterocycles. The smallest absolute Gasteiger partial charge is 0.134 e. The Morgan fingerprint density at radius 3 is 2.26 bits per heavy atom. The van der Waals surface area contributed by atoms with Gasteiger partial charge in [0.2, 0.25) is 0 Å². The number of anilines is 1. The van der Waals surface area contributed by atoms with Gasteiger partial charge in [-0.2, -0.15) is 5.26 Å². The molecule has 0 N–H and O–H groups in total. The Balaban J connectivity index is 1.52. The fourth-order valence-electron chi connectivity index (χ4n) is 3.03. The van der Waals surface area contributed by atoms with Crippen LogP contribution in [0.1, 0.15) is 10.6 Å². The zero-order valence-electron chi connectivity index (χ0n) is 17.3. The van der Waals surface area contributed by atoms with E-state index in [2.05, 4.69) is 11.1 Å². The maximum atomic E-state index is 9.66. The molecule has 0 spiro atoms. The van der Waals surface area contributed by atoms with E-state index in [4.69, 9.17) is 4.74 Å². The highest BCUT2D eigenvalue weighted by atomic mass is 32.1. The molecule has 0 aliphatic carbocycles. The summed E-state index contributed by atoms with van der Waals surface area (Å²) in [6.45, 7) is 0. The highest BCUT2D eigenvalue weighted by Crippen LogP contribution is 2.29. The molecule has 0 radical (unpaired) electrons. The molecule has 152 valence electrons. The van der Waals surface area contributed by atoms with Crippen molar-refractivity contribution in [3.05, 3.63) is 94.8 Å². The summed E-state index contributed by atoms with van der Waals surface area (Å²) >= 11 is 1.47. The molecule has 0 amide bonds. The summed E-state index contributed by atoms with van der Waals surface area (Å²) in [4.78, 5) is 6.73. The minimum absolute atomic E-state index is 0.554. The number of hydrogen-bond acceptors (Lipinski definition) is 5. The number of allylic oxidation sites excluding steroid dienone is 1. The molecule has 4 nitrogen and oxygen atoms in total. The molecule has 0 aliphatic heterocycles. The summed E-state index contributed by atoms with van der Waals surface area (Å²) in [7, 11) is 4.01. The van der Waals surface area contributed by atoms with Crippen molar-refractivity contribution < 1.29 is 4.74 Å². The van der Waals surface area contributed by atoms with Gasteiger partial charge >= 0.3 is 0 Å². The molecule has 0 atom stereocenters. The summed E-state index contributed by atoms with van der Waals surface area (Å²) < 4.78 is 5.85. The number of nitrogens with zero attached hydrogens (tertiary/aromatic N) is 3. The maximum absolute atomic E-state index is 9.66. The highest BCUT2D eigenvalue weighted by molar-refractivity contribution is 7.11. The molecule has 31 heavy (non-hydrogen) atoms. The molecule has 5 heteroatoms. The fraction of sp³-hybridized carbons (Fsp3) is 0.0769. The average molecular weight is 424 g/mol. The normalized spacial score (nSPS) is 11.1. The molecule has 0 bridgehead atoms. The minimum atomic E-state index is 0.554. The van der Waals surface area contributed by atoms with Gasteiger partial charge < -0.3 is 9.64 Å². The number of para-hydroxylation sites is 1. The largest absolute Gasteiger partial charge is 0.457 e. The summed E-state index contributed by atoms with van der Waals surface area (Å²) in [5.41, 5.74) is 4.47. The second-order valence-electron chi connectivity index (χ2n) is 7.13. The van der Waals surface area contributed by atoms with E-state index in [-0.39, 0.29) is 0 Å². The van der Waals surface area contributed by atoms with E-state index in [0.717, 1.165) is 34.0 Å². The van der Waals surface area contributed by atoms with Crippen LogP contribution in [-0.4, -0.2) is 19.1 Å². The van der Waals surface area contributed by atoms with Crippen LogP contribution in [0.25, 0.3) is 22.9 Å². The number of benzene rings is 3. The van der Waals surface area contributed by atoms with Crippen LogP contribution in [0.15, 0.2) is 84.2 Å². The van der Waals surface area contributed by atoms with Crippen LogP contribution in [0.3, 0.4) is 0 Å². The number of hydrogen-bond donors (Lipinski definition) is 0. The van der Waals surface area contributed by atoms with Crippen molar-refractivity contribution in [1.82, 2.24) is 4.98 Å². The van der Waals surface area contributed by atoms with Gasteiger partial charge in [0, 0.05) is 30.7 Å². The van der Waals surface area contributed by atoms with Gasteiger partial charge in [-0.25, -0.2) is 4.98 Å². The lowest BCUT2D eigenvalue weighted by molar-refractivity contribution is 0.483. The number of rotatable bonds is 6. The second kappa shape index (κ2) is 9.29. The Hall–Kier alpha value is -3.88. The summed E-state index contributed by atoms with van der Waals surface area (Å²) in [6, 6.07) is 27.9. The van der Waals surface area contributed by atoms with Crippen LogP contribution < -0.4 is 9.64 Å². The molecule has 0 fully saturated rings. The molecule has 1 heterocycles. The van der Waals surface area contributed by atoms with Crippen LogP contribution in [-0.2, 0) is 0 Å². The van der Waals surface area contributed by atoms with Crippen molar-refractivity contribution in [3.63, 3.8) is 0 Å². The number of thiazole rings is 1. The van der Waals surface area contributed by atoms with Gasteiger partial charge in [0.15, 0.2) is 0 Å². The SMILES string of the molecule is CN(C)c1ccc(C=C(C#N)c2nc(-c3ccc(Oc4ccccc4)cc3)cs2)cc1. The van der Waals surface area contributed by atoms with E-state index in [9.17, 15) is 5.26 Å². The summed E-state index contributed by atoms with van der Waals surface area (Å²) in [6.07, 6.45) is 1.87. The first-order chi connectivity index (χ1) is 15.1. The predicted octanol–water partition coefficient (Wildman–Crippen LogP) is 6.73. The van der Waals surface area contributed by atoms with Crippen LogP contribution in [0.4, 0.5) is 5.69 Å². The van der Waals surface area contributed by atoms with Crippen LogP contribution in [0.2, 0.25) is 0 Å². The van der Waals surface area contributed by atoms with E-state index in [0.29, 0.717) is 10.6 Å². The number of ether oxygens (including phenoxy) is 1. The lowest BCUT2D eigenvalue weighted by atomic mass is 10.1. The number of nitriles is 1. The van der Waals surface area contributed by atoms with Crippen molar-refractivity contribution >= 4 is 28.7 Å². The van der Waals surface area contributed by atoms with E-state index in [1.165, 1.54) is 11.3 Å². The molecule has 0 saturated heterocycles. The fourth-order valence-corrected chi connectivity index (χ4v) is 3.82. The quantitative estimate of drug-likeness (QED) is 0.323. The van der Waals surface area contributed by atoms with Gasteiger partial charge in [0.05, 0.1) is 11.3 Å². The molecule has 0 unspecified atom stereocenters. The first-order valence-electron chi connectivity index (χ1n) is 9.81. The first-order valence-corrected chi connectivity index (χ1v) is 10.7. The van der Waals surface area contributed by atoms with Gasteiger partial charge in [-0.05, 0) is 60.2 Å². The van der Waals surface area contributed by atoms with Gasteiger partial charge in [0.1, 0.15) is 22.6 Å². The third-order valence-electron chi connectivity index (χ3n) is 4.70. The van der Waals surface area contributed by atoms with Gasteiger partial charge in [-0.3, -0.25) is 0 Å². The van der Waals surface area contributed by atoms with E-state index in [1.54, 1.807) is 0 Å². The van der Waals surface area contributed by atoms with Gasteiger partial charge in [-0.15, -0.1) is 11.3 Å². The molecule has 4 rings (SSSR count).